The zero-order valence-electron chi connectivity index (χ0n) is 6.78. The van der Waals surface area contributed by atoms with Gasteiger partial charge in [-0.2, -0.15) is 5.10 Å². The van der Waals surface area contributed by atoms with E-state index in [9.17, 15) is 5.11 Å². The zero-order chi connectivity index (χ0) is 8.43. The van der Waals surface area contributed by atoms with Crippen molar-refractivity contribution in [3.05, 3.63) is 17.5 Å². The van der Waals surface area contributed by atoms with Gasteiger partial charge >= 0.3 is 0 Å². The molecule has 0 amide bonds. The number of aliphatic hydroxyl groups excluding tert-OH is 1. The minimum absolute atomic E-state index is 0.219. The Hall–Kier alpha value is -0.870. The second kappa shape index (κ2) is 3.02. The van der Waals surface area contributed by atoms with E-state index >= 15 is 0 Å². The molecule has 0 bridgehead atoms. The molecular weight excluding hydrogens is 142 g/mol. The summed E-state index contributed by atoms with van der Waals surface area (Å²) in [5, 5.41) is 13.3. The number of rotatable bonds is 2. The molecule has 0 saturated carbocycles. The molecule has 0 aromatic carbocycles. The summed E-state index contributed by atoms with van der Waals surface area (Å²) in [6.45, 7) is 2.15. The molecular formula is C7H13N3O. The van der Waals surface area contributed by atoms with Crippen LogP contribution in [0.4, 0.5) is 0 Å². The first-order valence-corrected chi connectivity index (χ1v) is 3.54. The van der Waals surface area contributed by atoms with E-state index in [0.717, 1.165) is 5.69 Å². The number of aliphatic hydroxyl groups is 1. The average molecular weight is 155 g/mol. The van der Waals surface area contributed by atoms with Gasteiger partial charge < -0.3 is 10.8 Å². The molecule has 0 spiro atoms. The number of hydrogen-bond donors (Lipinski definition) is 2. The minimum atomic E-state index is -0.630. The number of nitrogens with zero attached hydrogens (tertiary/aromatic N) is 2. The summed E-state index contributed by atoms with van der Waals surface area (Å²) < 4.78 is 1.72. The van der Waals surface area contributed by atoms with Crippen LogP contribution in [-0.4, -0.2) is 21.4 Å². The Labute approximate surface area is 65.6 Å². The quantitative estimate of drug-likeness (QED) is 0.617. The van der Waals surface area contributed by atoms with E-state index in [1.54, 1.807) is 4.68 Å². The third-order valence-electron chi connectivity index (χ3n) is 1.70. The Morgan fingerprint density at radius 3 is 2.82 bits per heavy atom. The van der Waals surface area contributed by atoms with E-state index in [-0.39, 0.29) is 6.54 Å². The Balaban J connectivity index is 2.88. The van der Waals surface area contributed by atoms with Crippen molar-refractivity contribution < 1.29 is 5.11 Å². The molecule has 1 heterocycles. The monoisotopic (exact) mass is 155 g/mol. The third kappa shape index (κ3) is 1.58. The van der Waals surface area contributed by atoms with Crippen LogP contribution in [0.15, 0.2) is 6.07 Å². The van der Waals surface area contributed by atoms with Crippen molar-refractivity contribution in [2.75, 3.05) is 6.54 Å². The summed E-state index contributed by atoms with van der Waals surface area (Å²) in [5.41, 5.74) is 6.93. The molecule has 1 rings (SSSR count). The smallest absolute Gasteiger partial charge is 0.110 e. The van der Waals surface area contributed by atoms with E-state index < -0.39 is 6.10 Å². The van der Waals surface area contributed by atoms with Crippen molar-refractivity contribution in [3.8, 4) is 0 Å². The molecule has 0 saturated heterocycles. The zero-order valence-corrected chi connectivity index (χ0v) is 6.78. The molecule has 0 radical (unpaired) electrons. The largest absolute Gasteiger partial charge is 0.385 e. The molecule has 0 fully saturated rings. The highest BCUT2D eigenvalue weighted by Gasteiger charge is 2.09. The molecule has 1 atom stereocenters. The molecule has 0 aliphatic carbocycles. The lowest BCUT2D eigenvalue weighted by atomic mass is 10.2. The van der Waals surface area contributed by atoms with E-state index in [1.165, 1.54) is 0 Å². The Morgan fingerprint density at radius 2 is 2.45 bits per heavy atom. The van der Waals surface area contributed by atoms with Gasteiger partial charge in [0.05, 0.1) is 5.69 Å². The predicted molar refractivity (Wildman–Crippen MR) is 42.0 cm³/mol. The topological polar surface area (TPSA) is 64.1 Å². The van der Waals surface area contributed by atoms with Crippen molar-refractivity contribution in [3.63, 3.8) is 0 Å². The van der Waals surface area contributed by atoms with Gasteiger partial charge in [-0.3, -0.25) is 4.68 Å². The number of hydrogen-bond acceptors (Lipinski definition) is 3. The third-order valence-corrected chi connectivity index (χ3v) is 1.70. The fourth-order valence-corrected chi connectivity index (χ4v) is 0.872. The lowest BCUT2D eigenvalue weighted by Crippen LogP contribution is -2.12. The highest BCUT2D eigenvalue weighted by Crippen LogP contribution is 2.09. The van der Waals surface area contributed by atoms with Crippen LogP contribution in [0.5, 0.6) is 0 Å². The highest BCUT2D eigenvalue weighted by molar-refractivity contribution is 5.10. The van der Waals surface area contributed by atoms with Gasteiger partial charge in [0.15, 0.2) is 0 Å². The van der Waals surface area contributed by atoms with E-state index in [2.05, 4.69) is 5.10 Å². The molecule has 0 unspecified atom stereocenters. The first-order chi connectivity index (χ1) is 5.15. The molecule has 1 aromatic rings. The lowest BCUT2D eigenvalue weighted by molar-refractivity contribution is 0.181. The molecule has 4 heteroatoms. The molecule has 11 heavy (non-hydrogen) atoms. The van der Waals surface area contributed by atoms with Crippen LogP contribution in [0, 0.1) is 6.92 Å². The van der Waals surface area contributed by atoms with Gasteiger partial charge in [0.25, 0.3) is 0 Å². The Kier molecular flexibility index (Phi) is 2.26. The van der Waals surface area contributed by atoms with Gasteiger partial charge in [-0.25, -0.2) is 0 Å². The fraction of sp³-hybridized carbons (Fsp3) is 0.571. The predicted octanol–water partition coefficient (Wildman–Crippen LogP) is -0.279. The molecule has 62 valence electrons. The van der Waals surface area contributed by atoms with Crippen LogP contribution in [0.3, 0.4) is 0 Å². The number of aryl methyl sites for hydroxylation is 2. The molecule has 0 aliphatic heterocycles. The van der Waals surface area contributed by atoms with Gasteiger partial charge in [0, 0.05) is 19.3 Å². The maximum absolute atomic E-state index is 9.27. The van der Waals surface area contributed by atoms with Crippen molar-refractivity contribution >= 4 is 0 Å². The van der Waals surface area contributed by atoms with Crippen LogP contribution in [0.25, 0.3) is 0 Å². The summed E-state index contributed by atoms with van der Waals surface area (Å²) in [6.07, 6.45) is -0.630. The van der Waals surface area contributed by atoms with Crippen molar-refractivity contribution in [1.29, 1.82) is 0 Å². The Morgan fingerprint density at radius 1 is 1.82 bits per heavy atom. The summed E-state index contributed by atoms with van der Waals surface area (Å²) in [5.74, 6) is 0. The van der Waals surface area contributed by atoms with E-state index in [1.807, 2.05) is 20.0 Å². The second-order valence-electron chi connectivity index (χ2n) is 2.59. The van der Waals surface area contributed by atoms with Gasteiger partial charge in [-0.1, -0.05) is 0 Å². The highest BCUT2D eigenvalue weighted by atomic mass is 16.3. The standard InChI is InChI=1S/C7H13N3O/c1-5-3-6(7(11)4-8)9-10(5)2/h3,7,11H,4,8H2,1-2H3/t7-/m0/s1. The minimum Gasteiger partial charge on any atom is -0.385 e. The van der Waals surface area contributed by atoms with Crippen LogP contribution in [0.2, 0.25) is 0 Å². The maximum Gasteiger partial charge on any atom is 0.110 e. The fourth-order valence-electron chi connectivity index (χ4n) is 0.872. The summed E-state index contributed by atoms with van der Waals surface area (Å²) in [4.78, 5) is 0. The molecule has 0 aliphatic rings. The first kappa shape index (κ1) is 8.23. The van der Waals surface area contributed by atoms with Crippen molar-refractivity contribution in [1.82, 2.24) is 9.78 Å². The van der Waals surface area contributed by atoms with E-state index in [4.69, 9.17) is 5.73 Å². The SMILES string of the molecule is Cc1cc([C@@H](O)CN)nn1C. The van der Waals surface area contributed by atoms with Crippen LogP contribution in [-0.2, 0) is 7.05 Å². The first-order valence-electron chi connectivity index (χ1n) is 3.54. The van der Waals surface area contributed by atoms with Crippen molar-refractivity contribution in [2.45, 2.75) is 13.0 Å². The van der Waals surface area contributed by atoms with Gasteiger partial charge in [0.1, 0.15) is 6.10 Å². The maximum atomic E-state index is 9.27. The van der Waals surface area contributed by atoms with Crippen LogP contribution >= 0.6 is 0 Å². The second-order valence-corrected chi connectivity index (χ2v) is 2.59. The van der Waals surface area contributed by atoms with Gasteiger partial charge in [-0.05, 0) is 13.0 Å². The normalized spacial score (nSPS) is 13.5. The number of aromatic nitrogens is 2. The van der Waals surface area contributed by atoms with E-state index in [0.29, 0.717) is 5.69 Å². The Bertz CT molecular complexity index is 224. The van der Waals surface area contributed by atoms with Gasteiger partial charge in [-0.15, -0.1) is 0 Å². The average Bonchev–Trinajstić information content (AvgIpc) is 2.31. The van der Waals surface area contributed by atoms with Crippen LogP contribution in [0.1, 0.15) is 17.5 Å². The lowest BCUT2D eigenvalue weighted by Gasteiger charge is -2.00. The summed E-state index contributed by atoms with van der Waals surface area (Å²) in [6, 6.07) is 1.83. The molecule has 3 N–H and O–H groups in total. The van der Waals surface area contributed by atoms with Gasteiger partial charge in [0.2, 0.25) is 0 Å². The molecule has 1 aromatic heterocycles. The number of nitrogens with two attached hydrogens (primary N) is 1. The van der Waals surface area contributed by atoms with Crippen LogP contribution < -0.4 is 5.73 Å². The summed E-state index contributed by atoms with van der Waals surface area (Å²) in [7, 11) is 1.84. The summed E-state index contributed by atoms with van der Waals surface area (Å²) >= 11 is 0. The molecule has 4 nitrogen and oxygen atoms in total. The van der Waals surface area contributed by atoms with Crippen molar-refractivity contribution in [2.24, 2.45) is 12.8 Å².